The molecule has 1 aromatic heterocycles. The lowest BCUT2D eigenvalue weighted by Gasteiger charge is -2.11. The first-order valence-electron chi connectivity index (χ1n) is 5.20. The summed E-state index contributed by atoms with van der Waals surface area (Å²) in [5.41, 5.74) is 2.47. The van der Waals surface area contributed by atoms with Gasteiger partial charge in [0.15, 0.2) is 5.82 Å². The summed E-state index contributed by atoms with van der Waals surface area (Å²) >= 11 is 13.7. The SMILES string of the molecule is NNc1nc(SC2CCCC2)c(Cl)cc1Cl. The van der Waals surface area contributed by atoms with E-state index in [0.29, 0.717) is 21.1 Å². The highest BCUT2D eigenvalue weighted by Gasteiger charge is 2.19. The van der Waals surface area contributed by atoms with Crippen molar-refractivity contribution in [3.05, 3.63) is 16.1 Å². The molecule has 1 aliphatic carbocycles. The molecule has 0 radical (unpaired) electrons. The van der Waals surface area contributed by atoms with Crippen molar-refractivity contribution < 1.29 is 0 Å². The molecule has 0 aliphatic heterocycles. The second kappa shape index (κ2) is 5.45. The van der Waals surface area contributed by atoms with Gasteiger partial charge in [0.05, 0.1) is 10.0 Å². The van der Waals surface area contributed by atoms with Crippen LogP contribution in [0, 0.1) is 0 Å². The Kier molecular flexibility index (Phi) is 4.19. The predicted octanol–water partition coefficient (Wildman–Crippen LogP) is 3.71. The Labute approximate surface area is 109 Å². The number of nitrogen functional groups attached to an aromatic ring is 1. The topological polar surface area (TPSA) is 50.9 Å². The Bertz CT molecular complexity index is 381. The summed E-state index contributed by atoms with van der Waals surface area (Å²) in [4.78, 5) is 4.32. The second-order valence-corrected chi connectivity index (χ2v) is 5.88. The summed E-state index contributed by atoms with van der Waals surface area (Å²) in [5, 5.41) is 2.48. The van der Waals surface area contributed by atoms with E-state index in [4.69, 9.17) is 29.0 Å². The van der Waals surface area contributed by atoms with Gasteiger partial charge < -0.3 is 5.43 Å². The third kappa shape index (κ3) is 2.74. The number of hydrogen-bond donors (Lipinski definition) is 2. The summed E-state index contributed by atoms with van der Waals surface area (Å²) in [7, 11) is 0. The lowest BCUT2D eigenvalue weighted by atomic mass is 10.4. The van der Waals surface area contributed by atoms with Crippen LogP contribution in [0.15, 0.2) is 11.1 Å². The highest BCUT2D eigenvalue weighted by atomic mass is 35.5. The highest BCUT2D eigenvalue weighted by molar-refractivity contribution is 8.00. The van der Waals surface area contributed by atoms with E-state index in [0.717, 1.165) is 5.03 Å². The van der Waals surface area contributed by atoms with E-state index in [1.165, 1.54) is 25.7 Å². The van der Waals surface area contributed by atoms with Crippen LogP contribution in [-0.4, -0.2) is 10.2 Å². The van der Waals surface area contributed by atoms with Crippen molar-refractivity contribution in [3.8, 4) is 0 Å². The Morgan fingerprint density at radius 3 is 2.62 bits per heavy atom. The summed E-state index contributed by atoms with van der Waals surface area (Å²) < 4.78 is 0. The molecule has 0 saturated heterocycles. The van der Waals surface area contributed by atoms with Gasteiger partial charge in [-0.1, -0.05) is 36.0 Å². The van der Waals surface area contributed by atoms with Crippen molar-refractivity contribution in [2.45, 2.75) is 36.0 Å². The average Bonchev–Trinajstić information content (AvgIpc) is 2.75. The van der Waals surface area contributed by atoms with Gasteiger partial charge >= 0.3 is 0 Å². The first-order chi connectivity index (χ1) is 7.70. The van der Waals surface area contributed by atoms with Crippen LogP contribution in [0.1, 0.15) is 25.7 Å². The minimum absolute atomic E-state index is 0.447. The number of hydrazine groups is 1. The zero-order valence-electron chi connectivity index (χ0n) is 8.67. The van der Waals surface area contributed by atoms with E-state index >= 15 is 0 Å². The van der Waals surface area contributed by atoms with E-state index in [1.54, 1.807) is 17.8 Å². The largest absolute Gasteiger partial charge is 0.307 e. The number of nitrogens with one attached hydrogen (secondary N) is 1. The number of pyridine rings is 1. The molecule has 2 rings (SSSR count). The van der Waals surface area contributed by atoms with Crippen molar-refractivity contribution in [1.29, 1.82) is 0 Å². The van der Waals surface area contributed by atoms with Crippen LogP contribution in [-0.2, 0) is 0 Å². The van der Waals surface area contributed by atoms with Crippen molar-refractivity contribution >= 4 is 40.8 Å². The van der Waals surface area contributed by atoms with Gasteiger partial charge in [0.2, 0.25) is 0 Å². The third-order valence-electron chi connectivity index (χ3n) is 2.61. The fourth-order valence-electron chi connectivity index (χ4n) is 1.80. The molecule has 88 valence electrons. The van der Waals surface area contributed by atoms with E-state index in [2.05, 4.69) is 10.4 Å². The minimum atomic E-state index is 0.447. The van der Waals surface area contributed by atoms with Crippen LogP contribution in [0.25, 0.3) is 0 Å². The monoisotopic (exact) mass is 277 g/mol. The quantitative estimate of drug-likeness (QED) is 0.653. The lowest BCUT2D eigenvalue weighted by Crippen LogP contribution is -2.10. The van der Waals surface area contributed by atoms with Gasteiger partial charge in [-0.3, -0.25) is 0 Å². The maximum absolute atomic E-state index is 6.10. The fourth-order valence-corrected chi connectivity index (χ4v) is 3.54. The zero-order valence-corrected chi connectivity index (χ0v) is 11.0. The number of hydrogen-bond acceptors (Lipinski definition) is 4. The predicted molar refractivity (Wildman–Crippen MR) is 70.2 cm³/mol. The first kappa shape index (κ1) is 12.3. The molecule has 0 bridgehead atoms. The molecule has 0 atom stereocenters. The van der Waals surface area contributed by atoms with E-state index in [1.807, 2.05) is 0 Å². The Morgan fingerprint density at radius 1 is 1.31 bits per heavy atom. The molecule has 1 aliphatic rings. The van der Waals surface area contributed by atoms with Crippen LogP contribution >= 0.6 is 35.0 Å². The molecule has 0 spiro atoms. The van der Waals surface area contributed by atoms with Crippen molar-refractivity contribution in [1.82, 2.24) is 4.98 Å². The van der Waals surface area contributed by atoms with Crippen molar-refractivity contribution in [2.75, 3.05) is 5.43 Å². The van der Waals surface area contributed by atoms with Crippen LogP contribution < -0.4 is 11.3 Å². The standard InChI is InChI=1S/C10H13Cl2N3S/c11-7-5-8(12)10(14-9(7)15-13)16-6-3-1-2-4-6/h5-6H,1-4,13H2,(H,14,15). The number of thioether (sulfide) groups is 1. The first-order valence-corrected chi connectivity index (χ1v) is 6.83. The lowest BCUT2D eigenvalue weighted by molar-refractivity contribution is 0.886. The molecule has 0 aromatic carbocycles. The molecule has 1 heterocycles. The van der Waals surface area contributed by atoms with Crippen LogP contribution in [0.5, 0.6) is 0 Å². The molecule has 1 saturated carbocycles. The normalized spacial score (nSPS) is 16.7. The van der Waals surface area contributed by atoms with Crippen LogP contribution in [0.3, 0.4) is 0 Å². The second-order valence-electron chi connectivity index (χ2n) is 3.77. The Morgan fingerprint density at radius 2 is 2.00 bits per heavy atom. The zero-order chi connectivity index (χ0) is 11.5. The van der Waals surface area contributed by atoms with E-state index in [-0.39, 0.29) is 0 Å². The van der Waals surface area contributed by atoms with Crippen molar-refractivity contribution in [3.63, 3.8) is 0 Å². The number of rotatable bonds is 3. The summed E-state index contributed by atoms with van der Waals surface area (Å²) in [6.07, 6.45) is 5.06. The number of halogens is 2. The smallest absolute Gasteiger partial charge is 0.160 e. The van der Waals surface area contributed by atoms with Gasteiger partial charge in [0.1, 0.15) is 5.03 Å². The summed E-state index contributed by atoms with van der Waals surface area (Å²) in [6, 6.07) is 1.68. The molecule has 0 amide bonds. The van der Waals surface area contributed by atoms with Gasteiger partial charge in [-0.2, -0.15) is 0 Å². The summed E-state index contributed by atoms with van der Waals surface area (Å²) in [5.74, 6) is 5.81. The Balaban J connectivity index is 2.18. The van der Waals surface area contributed by atoms with E-state index in [9.17, 15) is 0 Å². The number of aromatic nitrogens is 1. The van der Waals surface area contributed by atoms with E-state index < -0.39 is 0 Å². The molecule has 3 N–H and O–H groups in total. The summed E-state index contributed by atoms with van der Waals surface area (Å²) in [6.45, 7) is 0. The molecule has 1 fully saturated rings. The van der Waals surface area contributed by atoms with Gasteiger partial charge in [-0.05, 0) is 18.9 Å². The molecule has 16 heavy (non-hydrogen) atoms. The maximum atomic E-state index is 6.10. The molecule has 6 heteroatoms. The number of nitrogens with two attached hydrogens (primary N) is 1. The molecular weight excluding hydrogens is 265 g/mol. The molecule has 3 nitrogen and oxygen atoms in total. The van der Waals surface area contributed by atoms with Gasteiger partial charge in [0.25, 0.3) is 0 Å². The molecular formula is C10H13Cl2N3S. The Hall–Kier alpha value is -0.160. The number of nitrogens with zero attached hydrogens (tertiary/aromatic N) is 1. The minimum Gasteiger partial charge on any atom is -0.307 e. The average molecular weight is 278 g/mol. The van der Waals surface area contributed by atoms with Gasteiger partial charge in [-0.15, -0.1) is 11.8 Å². The van der Waals surface area contributed by atoms with Gasteiger partial charge in [-0.25, -0.2) is 10.8 Å². The third-order valence-corrected chi connectivity index (χ3v) is 4.64. The van der Waals surface area contributed by atoms with Crippen LogP contribution in [0.4, 0.5) is 5.82 Å². The van der Waals surface area contributed by atoms with Crippen LogP contribution in [0.2, 0.25) is 10.0 Å². The maximum Gasteiger partial charge on any atom is 0.160 e. The number of anilines is 1. The molecule has 0 unspecified atom stereocenters. The molecule has 1 aromatic rings. The van der Waals surface area contributed by atoms with Crippen molar-refractivity contribution in [2.24, 2.45) is 5.84 Å². The highest BCUT2D eigenvalue weighted by Crippen LogP contribution is 2.38. The van der Waals surface area contributed by atoms with Gasteiger partial charge in [0, 0.05) is 5.25 Å². The fraction of sp³-hybridized carbons (Fsp3) is 0.500.